The molecule has 0 radical (unpaired) electrons. The Balaban J connectivity index is 1.96. The average Bonchev–Trinajstić information content (AvgIpc) is 2.76. The Labute approximate surface area is 142 Å². The molecule has 1 N–H and O–H groups in total. The zero-order chi connectivity index (χ0) is 16.6. The average molecular weight is 374 g/mol. The predicted molar refractivity (Wildman–Crippen MR) is 91.5 cm³/mol. The van der Waals surface area contributed by atoms with Crippen molar-refractivity contribution in [1.29, 1.82) is 0 Å². The molecule has 0 saturated carbocycles. The molecule has 1 aliphatic rings. The summed E-state index contributed by atoms with van der Waals surface area (Å²) < 4.78 is 0.868. The number of rotatable bonds is 4. The van der Waals surface area contributed by atoms with Crippen LogP contribution in [-0.2, 0) is 10.4 Å². The van der Waals surface area contributed by atoms with Crippen LogP contribution < -0.4 is 4.90 Å². The standard InChI is InChI=1S/C18H16BrNO3/c1-2-20-15-6-4-3-5-14(15)18(23,17(20)22)11-16(21)12-7-9-13(19)10-8-12/h3-10,23H,2,11H2,1H3/t18-/m1/s1. The third-order valence-electron chi connectivity index (χ3n) is 4.14. The van der Waals surface area contributed by atoms with E-state index in [1.165, 1.54) is 4.90 Å². The Morgan fingerprint density at radius 1 is 1.17 bits per heavy atom. The van der Waals surface area contributed by atoms with Crippen LogP contribution in [-0.4, -0.2) is 23.3 Å². The number of para-hydroxylation sites is 1. The smallest absolute Gasteiger partial charge is 0.264 e. The Kier molecular flexibility index (Phi) is 4.08. The van der Waals surface area contributed by atoms with Gasteiger partial charge in [0, 0.05) is 22.1 Å². The molecule has 1 amide bonds. The lowest BCUT2D eigenvalue weighted by Gasteiger charge is -2.22. The van der Waals surface area contributed by atoms with Crippen molar-refractivity contribution in [2.75, 3.05) is 11.4 Å². The third kappa shape index (κ3) is 2.60. The van der Waals surface area contributed by atoms with E-state index in [4.69, 9.17) is 0 Å². The lowest BCUT2D eigenvalue weighted by atomic mass is 9.88. The number of nitrogens with zero attached hydrogens (tertiary/aromatic N) is 1. The normalized spacial score (nSPS) is 19.8. The highest BCUT2D eigenvalue weighted by molar-refractivity contribution is 9.10. The summed E-state index contributed by atoms with van der Waals surface area (Å²) in [6.45, 7) is 2.29. The molecule has 0 aromatic heterocycles. The predicted octanol–water partition coefficient (Wildman–Crippen LogP) is 3.28. The van der Waals surface area contributed by atoms with Gasteiger partial charge >= 0.3 is 0 Å². The van der Waals surface area contributed by atoms with Crippen LogP contribution in [0, 0.1) is 0 Å². The molecule has 23 heavy (non-hydrogen) atoms. The molecule has 1 atom stereocenters. The highest BCUT2D eigenvalue weighted by Gasteiger charge is 2.50. The van der Waals surface area contributed by atoms with Gasteiger partial charge in [-0.2, -0.15) is 0 Å². The monoisotopic (exact) mass is 373 g/mol. The van der Waals surface area contributed by atoms with Crippen molar-refractivity contribution in [3.63, 3.8) is 0 Å². The van der Waals surface area contributed by atoms with Crippen molar-refractivity contribution in [1.82, 2.24) is 0 Å². The first-order valence-corrected chi connectivity index (χ1v) is 8.19. The number of hydrogen-bond acceptors (Lipinski definition) is 3. The molecular weight excluding hydrogens is 358 g/mol. The van der Waals surface area contributed by atoms with Gasteiger partial charge in [-0.3, -0.25) is 9.59 Å². The Morgan fingerprint density at radius 3 is 2.48 bits per heavy atom. The molecule has 0 bridgehead atoms. The number of carbonyl (C=O) groups is 2. The fourth-order valence-corrected chi connectivity index (χ4v) is 3.23. The number of carbonyl (C=O) groups excluding carboxylic acids is 2. The number of hydrogen-bond donors (Lipinski definition) is 1. The summed E-state index contributed by atoms with van der Waals surface area (Å²) >= 11 is 3.32. The molecule has 5 heteroatoms. The number of halogens is 1. The van der Waals surface area contributed by atoms with Crippen LogP contribution in [0.3, 0.4) is 0 Å². The summed E-state index contributed by atoms with van der Waals surface area (Å²) in [5.41, 5.74) is -0.151. The Bertz CT molecular complexity index is 772. The molecule has 3 rings (SSSR count). The van der Waals surface area contributed by atoms with E-state index in [2.05, 4.69) is 15.9 Å². The van der Waals surface area contributed by atoms with E-state index in [0.717, 1.165) is 4.47 Å². The van der Waals surface area contributed by atoms with Gasteiger partial charge in [-0.05, 0) is 25.1 Å². The summed E-state index contributed by atoms with van der Waals surface area (Å²) in [5.74, 6) is -0.701. The highest BCUT2D eigenvalue weighted by atomic mass is 79.9. The summed E-state index contributed by atoms with van der Waals surface area (Å²) in [4.78, 5) is 26.7. The van der Waals surface area contributed by atoms with Crippen LogP contribution in [0.5, 0.6) is 0 Å². The molecule has 1 heterocycles. The van der Waals surface area contributed by atoms with Crippen molar-refractivity contribution in [3.8, 4) is 0 Å². The van der Waals surface area contributed by atoms with E-state index in [9.17, 15) is 14.7 Å². The van der Waals surface area contributed by atoms with Gasteiger partial charge < -0.3 is 10.0 Å². The molecule has 4 nitrogen and oxygen atoms in total. The second-order valence-corrected chi connectivity index (χ2v) is 6.45. The fraction of sp³-hybridized carbons (Fsp3) is 0.222. The summed E-state index contributed by atoms with van der Waals surface area (Å²) in [5, 5.41) is 11.0. The topological polar surface area (TPSA) is 57.6 Å². The maximum Gasteiger partial charge on any atom is 0.264 e. The van der Waals surface area contributed by atoms with E-state index in [1.54, 1.807) is 42.5 Å². The first-order valence-electron chi connectivity index (χ1n) is 7.40. The van der Waals surface area contributed by atoms with E-state index in [1.807, 2.05) is 13.0 Å². The van der Waals surface area contributed by atoms with Crippen LogP contribution >= 0.6 is 15.9 Å². The maximum atomic E-state index is 12.7. The van der Waals surface area contributed by atoms with E-state index in [0.29, 0.717) is 23.4 Å². The number of ketones is 1. The quantitative estimate of drug-likeness (QED) is 0.836. The maximum absolute atomic E-state index is 12.7. The molecule has 0 saturated heterocycles. The molecule has 0 spiro atoms. The van der Waals surface area contributed by atoms with Crippen LogP contribution in [0.25, 0.3) is 0 Å². The summed E-state index contributed by atoms with van der Waals surface area (Å²) in [6, 6.07) is 14.0. The molecule has 2 aromatic carbocycles. The Morgan fingerprint density at radius 2 is 1.83 bits per heavy atom. The minimum absolute atomic E-state index is 0.263. The third-order valence-corrected chi connectivity index (χ3v) is 4.67. The summed E-state index contributed by atoms with van der Waals surface area (Å²) in [6.07, 6.45) is -0.263. The van der Waals surface area contributed by atoms with Crippen LogP contribution in [0.4, 0.5) is 5.69 Å². The minimum atomic E-state index is -1.79. The number of benzene rings is 2. The van der Waals surface area contributed by atoms with Crippen LogP contribution in [0.15, 0.2) is 53.0 Å². The number of fused-ring (bicyclic) bond motifs is 1. The van der Waals surface area contributed by atoms with Gasteiger partial charge in [-0.25, -0.2) is 0 Å². The molecule has 0 aliphatic carbocycles. The molecule has 0 unspecified atom stereocenters. The number of aliphatic hydroxyl groups is 1. The molecule has 0 fully saturated rings. The second kappa shape index (κ2) is 5.91. The van der Waals surface area contributed by atoms with Crippen molar-refractivity contribution in [3.05, 3.63) is 64.1 Å². The van der Waals surface area contributed by atoms with E-state index >= 15 is 0 Å². The van der Waals surface area contributed by atoms with E-state index < -0.39 is 11.5 Å². The molecule has 2 aromatic rings. The van der Waals surface area contributed by atoms with Crippen molar-refractivity contribution < 1.29 is 14.7 Å². The van der Waals surface area contributed by atoms with Gasteiger partial charge in [0.15, 0.2) is 11.4 Å². The van der Waals surface area contributed by atoms with Crippen molar-refractivity contribution in [2.24, 2.45) is 0 Å². The molecule has 118 valence electrons. The SMILES string of the molecule is CCN1C(=O)[C@@](O)(CC(=O)c2ccc(Br)cc2)c2ccccc21. The minimum Gasteiger partial charge on any atom is -0.375 e. The second-order valence-electron chi connectivity index (χ2n) is 5.53. The zero-order valence-electron chi connectivity index (χ0n) is 12.6. The van der Waals surface area contributed by atoms with Crippen molar-refractivity contribution >= 4 is 33.3 Å². The van der Waals surface area contributed by atoms with Crippen molar-refractivity contribution in [2.45, 2.75) is 18.9 Å². The number of amides is 1. The van der Waals surface area contributed by atoms with Crippen LogP contribution in [0.1, 0.15) is 29.3 Å². The molecular formula is C18H16BrNO3. The fourth-order valence-electron chi connectivity index (χ4n) is 2.96. The van der Waals surface area contributed by atoms with Gasteiger partial charge in [-0.15, -0.1) is 0 Å². The first-order chi connectivity index (χ1) is 11.0. The van der Waals surface area contributed by atoms with E-state index in [-0.39, 0.29) is 12.2 Å². The number of anilines is 1. The van der Waals surface area contributed by atoms with Crippen LogP contribution in [0.2, 0.25) is 0 Å². The van der Waals surface area contributed by atoms with Gasteiger partial charge in [0.2, 0.25) is 0 Å². The van der Waals surface area contributed by atoms with Gasteiger partial charge in [0.1, 0.15) is 0 Å². The molecule has 1 aliphatic heterocycles. The number of likely N-dealkylation sites (N-methyl/N-ethyl adjacent to an activating group) is 1. The zero-order valence-corrected chi connectivity index (χ0v) is 14.2. The van der Waals surface area contributed by atoms with Gasteiger partial charge in [-0.1, -0.05) is 46.3 Å². The largest absolute Gasteiger partial charge is 0.375 e. The Hall–Kier alpha value is -1.98. The lowest BCUT2D eigenvalue weighted by molar-refractivity contribution is -0.135. The lowest BCUT2D eigenvalue weighted by Crippen LogP contribution is -2.41. The number of Topliss-reactive ketones (excluding diaryl/α,β-unsaturated/α-hetero) is 1. The van der Waals surface area contributed by atoms with Gasteiger partial charge in [0.05, 0.1) is 12.1 Å². The highest BCUT2D eigenvalue weighted by Crippen LogP contribution is 2.42. The first kappa shape index (κ1) is 15.9. The summed E-state index contributed by atoms with van der Waals surface area (Å²) in [7, 11) is 0. The van der Waals surface area contributed by atoms with Gasteiger partial charge in [0.25, 0.3) is 5.91 Å².